The van der Waals surface area contributed by atoms with Crippen LogP contribution in [0.1, 0.15) is 24.5 Å². The zero-order chi connectivity index (χ0) is 29.8. The van der Waals surface area contributed by atoms with Crippen molar-refractivity contribution >= 4 is 29.6 Å². The molecule has 1 aliphatic rings. The minimum atomic E-state index is -1.11. The molecular formula is C30H30ClF3N2O5. The van der Waals surface area contributed by atoms with Gasteiger partial charge in [-0.2, -0.15) is 0 Å². The van der Waals surface area contributed by atoms with Crippen LogP contribution in [-0.4, -0.2) is 55.2 Å². The molecule has 7 nitrogen and oxygen atoms in total. The monoisotopic (exact) mass is 590 g/mol. The van der Waals surface area contributed by atoms with Gasteiger partial charge in [0.05, 0.1) is 0 Å². The van der Waals surface area contributed by atoms with Gasteiger partial charge < -0.3 is 24.8 Å². The largest absolute Gasteiger partial charge is 0.490 e. The van der Waals surface area contributed by atoms with E-state index in [4.69, 9.17) is 31.0 Å². The second-order valence-corrected chi connectivity index (χ2v) is 9.23. The molecule has 0 unspecified atom stereocenters. The van der Waals surface area contributed by atoms with Crippen molar-refractivity contribution in [2.45, 2.75) is 19.9 Å². The van der Waals surface area contributed by atoms with E-state index in [0.717, 1.165) is 28.8 Å². The van der Waals surface area contributed by atoms with Crippen LogP contribution in [0.2, 0.25) is 5.02 Å². The summed E-state index contributed by atoms with van der Waals surface area (Å²) in [5, 5.41) is 10.8. The number of amides is 1. The van der Waals surface area contributed by atoms with E-state index in [9.17, 15) is 18.0 Å². The van der Waals surface area contributed by atoms with Crippen LogP contribution in [0.15, 0.2) is 66.2 Å². The van der Waals surface area contributed by atoms with Gasteiger partial charge in [0.15, 0.2) is 17.4 Å². The topological polar surface area (TPSA) is 88.1 Å². The third-order valence-electron chi connectivity index (χ3n) is 6.23. The molecule has 3 aromatic rings. The highest BCUT2D eigenvalue weighted by Crippen LogP contribution is 2.29. The van der Waals surface area contributed by atoms with Gasteiger partial charge in [-0.05, 0) is 54.8 Å². The third kappa shape index (κ3) is 8.73. The molecule has 1 aliphatic heterocycles. The van der Waals surface area contributed by atoms with Crippen LogP contribution in [0.3, 0.4) is 0 Å². The summed E-state index contributed by atoms with van der Waals surface area (Å²) in [4.78, 5) is 23.7. The van der Waals surface area contributed by atoms with Crippen molar-refractivity contribution in [3.63, 3.8) is 0 Å². The van der Waals surface area contributed by atoms with Gasteiger partial charge in [0, 0.05) is 42.4 Å². The number of carbonyl (C=O) groups excluding carboxylic acids is 1. The first-order valence-corrected chi connectivity index (χ1v) is 13.2. The molecule has 0 bridgehead atoms. The van der Waals surface area contributed by atoms with Gasteiger partial charge >= 0.3 is 0 Å². The highest BCUT2D eigenvalue weighted by atomic mass is 35.5. The fourth-order valence-corrected chi connectivity index (χ4v) is 4.48. The average molecular weight is 591 g/mol. The van der Waals surface area contributed by atoms with Crippen molar-refractivity contribution in [1.82, 2.24) is 10.2 Å². The van der Waals surface area contributed by atoms with E-state index < -0.39 is 23.2 Å². The molecular weight excluding hydrogens is 561 g/mol. The number of nitrogens with zero attached hydrogens (tertiary/aromatic N) is 1. The molecule has 218 valence electrons. The fourth-order valence-electron chi connectivity index (χ4n) is 4.28. The number of ether oxygens (including phenoxy) is 2. The van der Waals surface area contributed by atoms with E-state index >= 15 is 0 Å². The first-order chi connectivity index (χ1) is 19.8. The Morgan fingerprint density at radius 3 is 2.32 bits per heavy atom. The molecule has 41 heavy (non-hydrogen) atoms. The van der Waals surface area contributed by atoms with Crippen LogP contribution in [0, 0.1) is 17.5 Å². The van der Waals surface area contributed by atoms with Gasteiger partial charge in [0.25, 0.3) is 12.4 Å². The Morgan fingerprint density at radius 2 is 1.68 bits per heavy atom. The molecule has 4 rings (SSSR count). The summed E-state index contributed by atoms with van der Waals surface area (Å²) < 4.78 is 51.1. The highest BCUT2D eigenvalue weighted by Gasteiger charge is 2.24. The van der Waals surface area contributed by atoms with Gasteiger partial charge in [0.2, 0.25) is 0 Å². The quantitative estimate of drug-likeness (QED) is 0.232. The van der Waals surface area contributed by atoms with Crippen molar-refractivity contribution in [2.24, 2.45) is 0 Å². The second-order valence-electron chi connectivity index (χ2n) is 8.82. The fraction of sp³-hybridized carbons (Fsp3) is 0.267. The number of hydrogen-bond donors (Lipinski definition) is 2. The summed E-state index contributed by atoms with van der Waals surface area (Å²) in [6.07, 6.45) is 0.702. The van der Waals surface area contributed by atoms with E-state index in [2.05, 4.69) is 5.32 Å². The molecule has 0 spiro atoms. The maximum atomic E-state index is 13.7. The van der Waals surface area contributed by atoms with Crippen LogP contribution in [0.4, 0.5) is 13.2 Å². The Kier molecular flexibility index (Phi) is 12.1. The Morgan fingerprint density at radius 1 is 1.05 bits per heavy atom. The Balaban J connectivity index is 0.00000147. The zero-order valence-corrected chi connectivity index (χ0v) is 23.1. The molecule has 2 N–H and O–H groups in total. The van der Waals surface area contributed by atoms with Crippen LogP contribution in [0.25, 0.3) is 5.57 Å². The second kappa shape index (κ2) is 15.7. The van der Waals surface area contributed by atoms with Gasteiger partial charge in [-0.15, -0.1) is 0 Å². The minimum Gasteiger partial charge on any atom is -0.490 e. The maximum Gasteiger partial charge on any atom is 0.290 e. The lowest BCUT2D eigenvalue weighted by atomic mass is 9.93. The third-order valence-corrected chi connectivity index (χ3v) is 6.60. The SMILES string of the molecule is CCN(Cc1ccccc1Cl)C(=O)C1=C(c2ccc(OCCOc3c(F)cc(F)cc3F)cc2)CCNC1.O=CO. The Bertz CT molecular complexity index is 1350. The van der Waals surface area contributed by atoms with Gasteiger partial charge in [0.1, 0.15) is 24.8 Å². The molecule has 1 amide bonds. The Labute approximate surface area is 241 Å². The molecule has 0 fully saturated rings. The molecule has 11 heteroatoms. The number of likely N-dealkylation sites (N-methyl/N-ethyl adjacent to an activating group) is 1. The minimum absolute atomic E-state index is 0.0272. The van der Waals surface area contributed by atoms with E-state index in [-0.39, 0.29) is 25.6 Å². The lowest BCUT2D eigenvalue weighted by molar-refractivity contribution is -0.127. The molecule has 0 atom stereocenters. The summed E-state index contributed by atoms with van der Waals surface area (Å²) >= 11 is 6.32. The lowest BCUT2D eigenvalue weighted by Gasteiger charge is -2.27. The van der Waals surface area contributed by atoms with Crippen LogP contribution < -0.4 is 14.8 Å². The van der Waals surface area contributed by atoms with E-state index in [1.807, 2.05) is 43.3 Å². The summed E-state index contributed by atoms with van der Waals surface area (Å²) in [7, 11) is 0. The van der Waals surface area contributed by atoms with Crippen molar-refractivity contribution in [2.75, 3.05) is 32.8 Å². The highest BCUT2D eigenvalue weighted by molar-refractivity contribution is 6.31. The Hall–Kier alpha value is -4.02. The average Bonchev–Trinajstić information content (AvgIpc) is 2.96. The van der Waals surface area contributed by atoms with Gasteiger partial charge in [-0.25, -0.2) is 13.2 Å². The maximum absolute atomic E-state index is 13.7. The van der Waals surface area contributed by atoms with E-state index in [1.54, 1.807) is 17.0 Å². The lowest BCUT2D eigenvalue weighted by Crippen LogP contribution is -2.37. The van der Waals surface area contributed by atoms with E-state index in [1.165, 1.54) is 0 Å². The van der Waals surface area contributed by atoms with Crippen molar-refractivity contribution in [1.29, 1.82) is 0 Å². The van der Waals surface area contributed by atoms with Crippen LogP contribution in [-0.2, 0) is 16.1 Å². The van der Waals surface area contributed by atoms with Crippen molar-refractivity contribution < 1.29 is 37.3 Å². The van der Waals surface area contributed by atoms with Crippen molar-refractivity contribution in [3.8, 4) is 11.5 Å². The zero-order valence-electron chi connectivity index (χ0n) is 22.3. The molecule has 0 saturated carbocycles. The summed E-state index contributed by atoms with van der Waals surface area (Å²) in [5.41, 5.74) is 3.51. The van der Waals surface area contributed by atoms with Crippen LogP contribution in [0.5, 0.6) is 11.5 Å². The number of hydrogen-bond acceptors (Lipinski definition) is 5. The molecule has 0 saturated heterocycles. The number of rotatable bonds is 10. The molecule has 0 radical (unpaired) electrons. The van der Waals surface area contributed by atoms with Gasteiger partial charge in [-0.1, -0.05) is 41.9 Å². The van der Waals surface area contributed by atoms with E-state index in [0.29, 0.717) is 49.0 Å². The summed E-state index contributed by atoms with van der Waals surface area (Å²) in [5.74, 6) is -3.38. The standard InChI is InChI=1S/C29H28ClF3N2O3.CH2O2/c1-2-35(18-20-5-3-4-6-25(20)30)29(36)24-17-34-12-11-23(24)19-7-9-22(10-8-19)37-13-14-38-28-26(32)15-21(31)16-27(28)33;2-1-3/h3-10,15-16,34H,2,11-14,17-18H2,1H3;1H,(H,2,3). The predicted molar refractivity (Wildman–Crippen MR) is 149 cm³/mol. The number of carbonyl (C=O) groups is 2. The molecule has 1 heterocycles. The number of carboxylic acid groups (broad SMARTS) is 1. The van der Waals surface area contributed by atoms with Crippen molar-refractivity contribution in [3.05, 3.63) is 99.8 Å². The summed E-state index contributed by atoms with van der Waals surface area (Å²) in [6, 6.07) is 15.9. The molecule has 3 aromatic carbocycles. The number of benzene rings is 3. The number of halogens is 4. The number of nitrogens with one attached hydrogen (secondary N) is 1. The first-order valence-electron chi connectivity index (χ1n) is 12.8. The normalized spacial score (nSPS) is 12.7. The summed E-state index contributed by atoms with van der Waals surface area (Å²) in [6.45, 7) is 3.79. The first kappa shape index (κ1) is 31.5. The molecule has 0 aromatic heterocycles. The molecule has 0 aliphatic carbocycles. The smallest absolute Gasteiger partial charge is 0.290 e. The predicted octanol–water partition coefficient (Wildman–Crippen LogP) is 5.71. The van der Waals surface area contributed by atoms with Gasteiger partial charge in [-0.3, -0.25) is 9.59 Å². The van der Waals surface area contributed by atoms with Crippen LogP contribution >= 0.6 is 11.6 Å².